The zero-order valence-electron chi connectivity index (χ0n) is 27.6. The molecule has 0 bridgehead atoms. The van der Waals surface area contributed by atoms with Gasteiger partial charge in [0.1, 0.15) is 22.5 Å². The van der Waals surface area contributed by atoms with Crippen molar-refractivity contribution in [1.82, 2.24) is 0 Å². The molecule has 0 amide bonds. The minimum absolute atomic E-state index is 0.412. The van der Waals surface area contributed by atoms with Gasteiger partial charge in [-0.2, -0.15) is 5.10 Å². The Morgan fingerprint density at radius 2 is 1.35 bits per heavy atom. The third-order valence-electron chi connectivity index (χ3n) is 10.1. The summed E-state index contributed by atoms with van der Waals surface area (Å²) in [6, 6.07) is 48.1. The number of allylic oxidation sites excluding steroid dienone is 1. The van der Waals surface area contributed by atoms with Crippen LogP contribution < -0.4 is 5.84 Å². The summed E-state index contributed by atoms with van der Waals surface area (Å²) in [4.78, 5) is 5.36. The van der Waals surface area contributed by atoms with E-state index in [1.165, 1.54) is 16.3 Å². The number of nitrogens with zero attached hydrogens (tertiary/aromatic N) is 2. The van der Waals surface area contributed by atoms with Gasteiger partial charge >= 0.3 is 0 Å². The molecule has 0 saturated heterocycles. The first-order valence-electron chi connectivity index (χ1n) is 17.2. The molecular weight excluding hydrogens is 627 g/mol. The number of fused-ring (bicyclic) bond motifs is 9. The molecule has 51 heavy (non-hydrogen) atoms. The molecule has 1 aliphatic rings. The highest BCUT2D eigenvalue weighted by Crippen LogP contribution is 2.41. The molecule has 5 heteroatoms. The molecule has 0 atom stereocenters. The maximum atomic E-state index is 6.51. The van der Waals surface area contributed by atoms with Crippen LogP contribution in [0.5, 0.6) is 0 Å². The quantitative estimate of drug-likeness (QED) is 0.0673. The first kappa shape index (κ1) is 29.2. The molecule has 0 radical (unpaired) electrons. The smallest absolute Gasteiger partial charge is 0.180 e. The molecule has 0 saturated carbocycles. The summed E-state index contributed by atoms with van der Waals surface area (Å²) in [5, 5.41) is 12.0. The van der Waals surface area contributed by atoms with Gasteiger partial charge in [0, 0.05) is 44.8 Å². The lowest BCUT2D eigenvalue weighted by Gasteiger charge is -2.14. The number of aryl methyl sites for hydroxylation is 1. The monoisotopic (exact) mass is 657 g/mol. The number of hydrazone groups is 1. The summed E-state index contributed by atoms with van der Waals surface area (Å²) >= 11 is 0. The number of rotatable bonds is 4. The van der Waals surface area contributed by atoms with Gasteiger partial charge in [-0.25, -0.2) is 4.99 Å². The normalized spacial score (nSPS) is 13.6. The highest BCUT2D eigenvalue weighted by atomic mass is 16.3. The Labute approximate surface area is 293 Å². The molecule has 2 aromatic heterocycles. The molecule has 5 nitrogen and oxygen atoms in total. The summed E-state index contributed by atoms with van der Waals surface area (Å²) in [5.41, 5.74) is 9.22. The van der Waals surface area contributed by atoms with E-state index >= 15 is 0 Å². The first-order chi connectivity index (χ1) is 25.2. The standard InChI is InChI=1S/C46H31N3O2/c47-49-46(48-45(28-12-2-1-3-13-28)38-26-29-14-4-5-15-31(29)33-16-6-7-17-34(33)38)37-20-11-23-41-44(37)43-32(19-10-22-40(43)51-41)30-24-25-36-35-18-8-9-21-39(35)50-42(36)27-30/h1-8,10-20,22-27H,9,21,47H2/b48-45?,49-46-. The van der Waals surface area contributed by atoms with Gasteiger partial charge < -0.3 is 14.7 Å². The molecular formula is C46H31N3O2. The molecule has 1 aliphatic carbocycles. The van der Waals surface area contributed by atoms with Crippen molar-refractivity contribution in [2.24, 2.45) is 15.9 Å². The largest absolute Gasteiger partial charge is 0.460 e. The summed E-state index contributed by atoms with van der Waals surface area (Å²) in [5.74, 6) is 7.77. The molecule has 242 valence electrons. The van der Waals surface area contributed by atoms with Gasteiger partial charge in [0.15, 0.2) is 5.84 Å². The number of benzene rings is 7. The predicted molar refractivity (Wildman–Crippen MR) is 211 cm³/mol. The van der Waals surface area contributed by atoms with Crippen LogP contribution >= 0.6 is 0 Å². The Balaban J connectivity index is 1.21. The molecule has 2 N–H and O–H groups in total. The maximum absolute atomic E-state index is 6.51. The fourth-order valence-electron chi connectivity index (χ4n) is 7.80. The van der Waals surface area contributed by atoms with E-state index in [0.717, 1.165) is 95.8 Å². The van der Waals surface area contributed by atoms with Crippen LogP contribution in [0.15, 0.2) is 165 Å². The first-order valence-corrected chi connectivity index (χ1v) is 17.2. The average molecular weight is 658 g/mol. The van der Waals surface area contributed by atoms with Crippen LogP contribution in [0.2, 0.25) is 0 Å². The second-order valence-electron chi connectivity index (χ2n) is 13.0. The minimum atomic E-state index is 0.412. The van der Waals surface area contributed by atoms with E-state index in [2.05, 4.69) is 108 Å². The van der Waals surface area contributed by atoms with Crippen molar-refractivity contribution in [3.05, 3.63) is 174 Å². The third-order valence-corrected chi connectivity index (χ3v) is 10.1. The van der Waals surface area contributed by atoms with E-state index in [9.17, 15) is 0 Å². The van der Waals surface area contributed by atoms with Gasteiger partial charge in [-0.1, -0.05) is 121 Å². The zero-order valence-corrected chi connectivity index (χ0v) is 27.6. The van der Waals surface area contributed by atoms with Crippen molar-refractivity contribution in [3.8, 4) is 11.1 Å². The van der Waals surface area contributed by atoms with Crippen LogP contribution in [0.25, 0.3) is 71.7 Å². The van der Waals surface area contributed by atoms with Crippen LogP contribution in [0.4, 0.5) is 0 Å². The number of hydrogen-bond donors (Lipinski definition) is 1. The van der Waals surface area contributed by atoms with Crippen molar-refractivity contribution in [1.29, 1.82) is 0 Å². The number of aliphatic imine (C=N–C) groups is 1. The van der Waals surface area contributed by atoms with Gasteiger partial charge in [0.25, 0.3) is 0 Å². The number of amidine groups is 1. The van der Waals surface area contributed by atoms with E-state index in [1.54, 1.807) is 0 Å². The fourth-order valence-corrected chi connectivity index (χ4v) is 7.80. The Hall–Kier alpha value is -6.72. The minimum Gasteiger partial charge on any atom is -0.460 e. The van der Waals surface area contributed by atoms with E-state index in [0.29, 0.717) is 5.84 Å². The fraction of sp³-hybridized carbons (Fsp3) is 0.0435. The maximum Gasteiger partial charge on any atom is 0.180 e. The summed E-state index contributed by atoms with van der Waals surface area (Å²) < 4.78 is 12.9. The van der Waals surface area contributed by atoms with E-state index in [-0.39, 0.29) is 0 Å². The molecule has 0 fully saturated rings. The number of hydrogen-bond acceptors (Lipinski definition) is 4. The second-order valence-corrected chi connectivity index (χ2v) is 13.0. The van der Waals surface area contributed by atoms with Crippen molar-refractivity contribution >= 4 is 72.1 Å². The van der Waals surface area contributed by atoms with Gasteiger partial charge in [-0.05, 0) is 69.4 Å². The lowest BCUT2D eigenvalue weighted by molar-refractivity contribution is 0.546. The predicted octanol–water partition coefficient (Wildman–Crippen LogP) is 11.4. The summed E-state index contributed by atoms with van der Waals surface area (Å²) in [6.07, 6.45) is 6.32. The van der Waals surface area contributed by atoms with Crippen LogP contribution in [0.1, 0.15) is 34.4 Å². The zero-order chi connectivity index (χ0) is 33.9. The average Bonchev–Trinajstić information content (AvgIpc) is 3.77. The number of nitrogens with two attached hydrogens (primary N) is 1. The Kier molecular flexibility index (Phi) is 6.71. The van der Waals surface area contributed by atoms with E-state index in [4.69, 9.17) is 19.7 Å². The van der Waals surface area contributed by atoms with Crippen LogP contribution in [-0.4, -0.2) is 11.5 Å². The van der Waals surface area contributed by atoms with E-state index in [1.807, 2.05) is 48.5 Å². The molecule has 7 aromatic carbocycles. The van der Waals surface area contributed by atoms with Crippen LogP contribution in [-0.2, 0) is 6.42 Å². The van der Waals surface area contributed by atoms with Crippen molar-refractivity contribution in [3.63, 3.8) is 0 Å². The molecule has 10 rings (SSSR count). The summed E-state index contributed by atoms with van der Waals surface area (Å²) in [7, 11) is 0. The molecule has 0 spiro atoms. The highest BCUT2D eigenvalue weighted by Gasteiger charge is 2.22. The van der Waals surface area contributed by atoms with Crippen molar-refractivity contribution in [2.75, 3.05) is 0 Å². The lowest BCUT2D eigenvalue weighted by atomic mass is 9.92. The molecule has 0 unspecified atom stereocenters. The Morgan fingerprint density at radius 1 is 0.588 bits per heavy atom. The van der Waals surface area contributed by atoms with Gasteiger partial charge in [-0.3, -0.25) is 0 Å². The molecule has 9 aromatic rings. The van der Waals surface area contributed by atoms with Gasteiger partial charge in [0.05, 0.1) is 5.71 Å². The Morgan fingerprint density at radius 3 is 2.22 bits per heavy atom. The SMILES string of the molecule is N/N=C(\N=C(c1ccccc1)c1cc2ccccc2c2ccccc12)c1cccc2oc3cccc(-c4ccc5c6c(oc5c4)CCC=C6)c3c12. The van der Waals surface area contributed by atoms with Gasteiger partial charge in [-0.15, -0.1) is 0 Å². The van der Waals surface area contributed by atoms with Crippen molar-refractivity contribution < 1.29 is 8.83 Å². The van der Waals surface area contributed by atoms with Crippen molar-refractivity contribution in [2.45, 2.75) is 12.8 Å². The summed E-state index contributed by atoms with van der Waals surface area (Å²) in [6.45, 7) is 0. The van der Waals surface area contributed by atoms with Crippen LogP contribution in [0, 0.1) is 0 Å². The highest BCUT2D eigenvalue weighted by molar-refractivity contribution is 6.29. The third kappa shape index (κ3) is 4.70. The number of furan rings is 2. The Bertz CT molecular complexity index is 2930. The molecule has 0 aliphatic heterocycles. The lowest BCUT2D eigenvalue weighted by Crippen LogP contribution is -2.11. The van der Waals surface area contributed by atoms with Gasteiger partial charge in [0.2, 0.25) is 0 Å². The topological polar surface area (TPSA) is 77.0 Å². The van der Waals surface area contributed by atoms with E-state index < -0.39 is 0 Å². The molecule has 2 heterocycles. The second kappa shape index (κ2) is 11.7. The van der Waals surface area contributed by atoms with Crippen LogP contribution in [0.3, 0.4) is 0 Å².